The fourth-order valence-corrected chi connectivity index (χ4v) is 4.09. The van der Waals surface area contributed by atoms with Crippen LogP contribution in [0.5, 0.6) is 0 Å². The molecule has 5 nitrogen and oxygen atoms in total. The Kier molecular flexibility index (Phi) is 8.33. The summed E-state index contributed by atoms with van der Waals surface area (Å²) in [6, 6.07) is 0. The van der Waals surface area contributed by atoms with E-state index in [0.717, 1.165) is 63.7 Å². The number of rotatable bonds is 9. The minimum absolute atomic E-state index is 0.367. The highest BCUT2D eigenvalue weighted by Crippen LogP contribution is 2.31. The number of hydrogen-bond donors (Lipinski definition) is 3. The molecule has 0 bridgehead atoms. The molecule has 1 unspecified atom stereocenters. The van der Waals surface area contributed by atoms with E-state index in [-0.39, 0.29) is 0 Å². The Balaban J connectivity index is 1.78. The fourth-order valence-electron chi connectivity index (χ4n) is 4.09. The van der Waals surface area contributed by atoms with Crippen molar-refractivity contribution >= 4 is 5.96 Å². The molecule has 2 fully saturated rings. The van der Waals surface area contributed by atoms with E-state index in [0.29, 0.717) is 12.6 Å². The van der Waals surface area contributed by atoms with Crippen molar-refractivity contribution < 1.29 is 9.84 Å². The average molecular weight is 340 g/mol. The summed E-state index contributed by atoms with van der Waals surface area (Å²) in [5, 5.41) is 17.2. The summed E-state index contributed by atoms with van der Waals surface area (Å²) >= 11 is 0. The van der Waals surface area contributed by atoms with Crippen molar-refractivity contribution in [3.05, 3.63) is 0 Å². The van der Waals surface area contributed by atoms with Gasteiger partial charge >= 0.3 is 0 Å². The van der Waals surface area contributed by atoms with E-state index in [4.69, 9.17) is 4.74 Å². The normalized spacial score (nSPS) is 22.7. The number of ether oxygens (including phenoxy) is 1. The first kappa shape index (κ1) is 19.5. The first-order chi connectivity index (χ1) is 11.7. The van der Waals surface area contributed by atoms with Crippen molar-refractivity contribution in [3.8, 4) is 0 Å². The molecule has 24 heavy (non-hydrogen) atoms. The van der Waals surface area contributed by atoms with Gasteiger partial charge < -0.3 is 20.5 Å². The van der Waals surface area contributed by atoms with Crippen LogP contribution in [-0.2, 0) is 4.74 Å². The highest BCUT2D eigenvalue weighted by molar-refractivity contribution is 5.79. The van der Waals surface area contributed by atoms with Crippen LogP contribution in [0.1, 0.15) is 71.6 Å². The molecule has 0 aromatic rings. The first-order valence-corrected chi connectivity index (χ1v) is 10.0. The third-order valence-corrected chi connectivity index (χ3v) is 5.44. The zero-order valence-corrected chi connectivity index (χ0v) is 15.6. The van der Waals surface area contributed by atoms with Gasteiger partial charge in [-0.25, -0.2) is 0 Å². The van der Waals surface area contributed by atoms with Crippen LogP contribution in [0.15, 0.2) is 4.99 Å². The van der Waals surface area contributed by atoms with E-state index in [1.165, 1.54) is 25.7 Å². The van der Waals surface area contributed by atoms with Crippen molar-refractivity contribution in [2.45, 2.75) is 83.3 Å². The molecule has 2 aliphatic carbocycles. The van der Waals surface area contributed by atoms with E-state index in [1.807, 2.05) is 0 Å². The number of nitrogens with zero attached hydrogens (tertiary/aromatic N) is 1. The average Bonchev–Trinajstić information content (AvgIpc) is 3.24. The Bertz CT molecular complexity index is 375. The maximum absolute atomic E-state index is 10.5. The molecule has 3 N–H and O–H groups in total. The van der Waals surface area contributed by atoms with E-state index >= 15 is 0 Å². The zero-order valence-electron chi connectivity index (χ0n) is 15.6. The van der Waals surface area contributed by atoms with Crippen molar-refractivity contribution in [3.63, 3.8) is 0 Å². The van der Waals surface area contributed by atoms with Crippen molar-refractivity contribution in [2.24, 2.45) is 10.9 Å². The Labute approximate surface area is 147 Å². The highest BCUT2D eigenvalue weighted by atomic mass is 16.5. The Morgan fingerprint density at radius 2 is 1.88 bits per heavy atom. The Hall–Kier alpha value is -0.810. The summed E-state index contributed by atoms with van der Waals surface area (Å²) in [5.41, 5.74) is -0.583. The van der Waals surface area contributed by atoms with Crippen LogP contribution < -0.4 is 10.6 Å². The number of aliphatic hydroxyl groups is 1. The molecule has 0 aliphatic heterocycles. The third kappa shape index (κ3) is 6.25. The van der Waals surface area contributed by atoms with Gasteiger partial charge in [-0.2, -0.15) is 0 Å². The van der Waals surface area contributed by atoms with Gasteiger partial charge in [0, 0.05) is 19.7 Å². The molecule has 2 saturated carbocycles. The number of nitrogens with one attached hydrogen (secondary N) is 2. The van der Waals surface area contributed by atoms with E-state index in [2.05, 4.69) is 29.5 Å². The van der Waals surface area contributed by atoms with Crippen LogP contribution in [0.2, 0.25) is 0 Å². The second kappa shape index (κ2) is 10.2. The summed E-state index contributed by atoms with van der Waals surface area (Å²) in [6.07, 6.45) is 10.7. The Morgan fingerprint density at radius 1 is 1.17 bits per heavy atom. The molecular formula is C19H37N3O2. The highest BCUT2D eigenvalue weighted by Gasteiger charge is 2.30. The molecule has 2 rings (SSSR count). The van der Waals surface area contributed by atoms with E-state index < -0.39 is 5.60 Å². The zero-order chi connectivity index (χ0) is 17.3. The van der Waals surface area contributed by atoms with Gasteiger partial charge in [0.2, 0.25) is 0 Å². The molecule has 5 heteroatoms. The smallest absolute Gasteiger partial charge is 0.191 e. The minimum Gasteiger partial charge on any atom is -0.388 e. The second-order valence-electron chi connectivity index (χ2n) is 7.38. The van der Waals surface area contributed by atoms with Crippen molar-refractivity contribution in [1.82, 2.24) is 10.6 Å². The standard InChI is InChI=1S/C19H37N3O2/c1-3-20-18(22-15-19(23)12-7-8-13-19)21-14-11-17(24-4-2)16-9-5-6-10-16/h16-17,23H,3-15H2,1-2H3,(H2,20,21,22). The minimum atomic E-state index is -0.583. The lowest BCUT2D eigenvalue weighted by Crippen LogP contribution is -2.41. The number of guanidine groups is 1. The molecule has 0 saturated heterocycles. The lowest BCUT2D eigenvalue weighted by molar-refractivity contribution is 0.0169. The van der Waals surface area contributed by atoms with Crippen LogP contribution >= 0.6 is 0 Å². The van der Waals surface area contributed by atoms with Gasteiger partial charge in [0.15, 0.2) is 5.96 Å². The first-order valence-electron chi connectivity index (χ1n) is 10.0. The molecule has 0 amide bonds. The molecule has 140 valence electrons. The topological polar surface area (TPSA) is 65.9 Å². The van der Waals surface area contributed by atoms with Crippen LogP contribution in [0.3, 0.4) is 0 Å². The van der Waals surface area contributed by atoms with E-state index in [9.17, 15) is 5.11 Å². The van der Waals surface area contributed by atoms with Gasteiger partial charge in [-0.3, -0.25) is 4.99 Å². The van der Waals surface area contributed by atoms with Gasteiger partial charge in [0.1, 0.15) is 0 Å². The van der Waals surface area contributed by atoms with Crippen molar-refractivity contribution in [2.75, 3.05) is 26.2 Å². The van der Waals surface area contributed by atoms with Crippen molar-refractivity contribution in [1.29, 1.82) is 0 Å². The van der Waals surface area contributed by atoms with Gasteiger partial charge in [-0.15, -0.1) is 0 Å². The third-order valence-electron chi connectivity index (χ3n) is 5.44. The predicted molar refractivity (Wildman–Crippen MR) is 99.4 cm³/mol. The molecule has 1 atom stereocenters. The largest absolute Gasteiger partial charge is 0.388 e. The van der Waals surface area contributed by atoms with Gasteiger partial charge in [-0.05, 0) is 51.9 Å². The van der Waals surface area contributed by atoms with Gasteiger partial charge in [-0.1, -0.05) is 25.7 Å². The predicted octanol–water partition coefficient (Wildman–Crippen LogP) is 2.83. The lowest BCUT2D eigenvalue weighted by Gasteiger charge is -2.24. The van der Waals surface area contributed by atoms with Gasteiger partial charge in [0.05, 0.1) is 18.2 Å². The van der Waals surface area contributed by atoms with Crippen LogP contribution in [-0.4, -0.2) is 49.0 Å². The summed E-state index contributed by atoms with van der Waals surface area (Å²) < 4.78 is 5.98. The molecule has 2 aliphatic rings. The van der Waals surface area contributed by atoms with Gasteiger partial charge in [0.25, 0.3) is 0 Å². The molecule has 0 radical (unpaired) electrons. The summed E-state index contributed by atoms with van der Waals surface area (Å²) in [5.74, 6) is 1.55. The summed E-state index contributed by atoms with van der Waals surface area (Å²) in [4.78, 5) is 4.61. The number of aliphatic imine (C=N–C) groups is 1. The maximum atomic E-state index is 10.5. The molecule has 0 heterocycles. The van der Waals surface area contributed by atoms with Crippen LogP contribution in [0.25, 0.3) is 0 Å². The Morgan fingerprint density at radius 3 is 2.50 bits per heavy atom. The molecular weight excluding hydrogens is 302 g/mol. The fraction of sp³-hybridized carbons (Fsp3) is 0.947. The molecule has 0 aromatic carbocycles. The summed E-state index contributed by atoms with van der Waals surface area (Å²) in [6.45, 7) is 7.15. The van der Waals surface area contributed by atoms with Crippen LogP contribution in [0.4, 0.5) is 0 Å². The molecule has 0 spiro atoms. The maximum Gasteiger partial charge on any atom is 0.191 e. The monoisotopic (exact) mass is 339 g/mol. The SMILES string of the molecule is CCNC(=NCC1(O)CCCC1)NCCC(OCC)C1CCCC1. The number of hydrogen-bond acceptors (Lipinski definition) is 3. The lowest BCUT2D eigenvalue weighted by atomic mass is 9.98. The second-order valence-corrected chi connectivity index (χ2v) is 7.38. The summed E-state index contributed by atoms with van der Waals surface area (Å²) in [7, 11) is 0. The van der Waals surface area contributed by atoms with Crippen LogP contribution in [0, 0.1) is 5.92 Å². The molecule has 0 aromatic heterocycles. The van der Waals surface area contributed by atoms with E-state index in [1.54, 1.807) is 0 Å². The quantitative estimate of drug-likeness (QED) is 0.446.